The molecule has 1 heterocycles. The summed E-state index contributed by atoms with van der Waals surface area (Å²) < 4.78 is 11.0. The average molecular weight is 572 g/mol. The summed E-state index contributed by atoms with van der Waals surface area (Å²) in [5.74, 6) is -3.32. The highest BCUT2D eigenvalue weighted by Crippen LogP contribution is 2.22. The Hall–Kier alpha value is -4.83. The van der Waals surface area contributed by atoms with E-state index in [4.69, 9.17) is 9.47 Å². The van der Waals surface area contributed by atoms with Crippen molar-refractivity contribution >= 4 is 35.2 Å². The monoisotopic (exact) mass is 571 g/mol. The number of para-hydroxylation sites is 1. The van der Waals surface area contributed by atoms with Gasteiger partial charge in [-0.2, -0.15) is 0 Å². The van der Waals surface area contributed by atoms with Crippen LogP contribution in [0.2, 0.25) is 0 Å². The van der Waals surface area contributed by atoms with Crippen molar-refractivity contribution in [1.82, 2.24) is 10.6 Å². The van der Waals surface area contributed by atoms with Crippen LogP contribution in [0, 0.1) is 6.92 Å². The van der Waals surface area contributed by atoms with Crippen LogP contribution in [0.25, 0.3) is 0 Å². The lowest BCUT2D eigenvalue weighted by molar-refractivity contribution is -0.168. The number of hydrogen-bond acceptors (Lipinski definition) is 7. The van der Waals surface area contributed by atoms with Crippen molar-refractivity contribution < 1.29 is 33.4 Å². The van der Waals surface area contributed by atoms with Crippen molar-refractivity contribution in [3.8, 4) is 0 Å². The van der Waals surface area contributed by atoms with Gasteiger partial charge in [-0.1, -0.05) is 85.8 Å². The number of aryl methyl sites for hydroxylation is 1. The Kier molecular flexibility index (Phi) is 10.2. The highest BCUT2D eigenvalue weighted by Gasteiger charge is 2.38. The van der Waals surface area contributed by atoms with Crippen molar-refractivity contribution in [3.05, 3.63) is 102 Å². The summed E-state index contributed by atoms with van der Waals surface area (Å²) in [5.41, 5.74) is 2.27. The summed E-state index contributed by atoms with van der Waals surface area (Å²) in [7, 11) is 0. The summed E-state index contributed by atoms with van der Waals surface area (Å²) in [6, 6.07) is 22.6. The highest BCUT2D eigenvalue weighted by molar-refractivity contribution is 6.43. The Morgan fingerprint density at radius 1 is 0.952 bits per heavy atom. The largest absolute Gasteiger partial charge is 0.433 e. The molecule has 3 aromatic rings. The fraction of sp³-hybridized carbons (Fsp3) is 0.281. The molecule has 0 spiro atoms. The van der Waals surface area contributed by atoms with Gasteiger partial charge in [0.15, 0.2) is 0 Å². The molecule has 42 heavy (non-hydrogen) atoms. The molecule has 0 aromatic heterocycles. The standard InChI is InChI=1S/C32H33N3O7/c1-3-24(34-30(39)29(38)23-15-8-5-9-16-23)31(40)35(26-17-11-10-12-21(26)2)19-27(36)33-25-18-28(37)42-32(25)41-20-22-13-6-4-7-14-22/h4-17,24-25,32H,3,18-20H2,1-2H3,(H,33,36)(H,34,39). The molecule has 3 unspecified atom stereocenters. The summed E-state index contributed by atoms with van der Waals surface area (Å²) >= 11 is 0. The molecule has 1 saturated heterocycles. The Labute approximate surface area is 244 Å². The number of benzene rings is 3. The van der Waals surface area contributed by atoms with E-state index >= 15 is 0 Å². The molecule has 1 fully saturated rings. The number of carbonyl (C=O) groups is 5. The molecular weight excluding hydrogens is 538 g/mol. The lowest BCUT2D eigenvalue weighted by Gasteiger charge is -2.29. The fourth-order valence-corrected chi connectivity index (χ4v) is 4.57. The number of cyclic esters (lactones) is 1. The van der Waals surface area contributed by atoms with Gasteiger partial charge in [-0.05, 0) is 30.5 Å². The van der Waals surface area contributed by atoms with E-state index in [-0.39, 0.29) is 25.0 Å². The maximum Gasteiger partial charge on any atom is 0.310 e. The predicted molar refractivity (Wildman–Crippen MR) is 154 cm³/mol. The van der Waals surface area contributed by atoms with E-state index in [2.05, 4.69) is 10.6 Å². The first-order valence-corrected chi connectivity index (χ1v) is 13.7. The number of anilines is 1. The van der Waals surface area contributed by atoms with Crippen LogP contribution in [0.15, 0.2) is 84.9 Å². The quantitative estimate of drug-likeness (QED) is 0.194. The van der Waals surface area contributed by atoms with Gasteiger partial charge >= 0.3 is 5.97 Å². The molecule has 0 bridgehead atoms. The maximum atomic E-state index is 13.8. The van der Waals surface area contributed by atoms with Crippen LogP contribution in [0.5, 0.6) is 0 Å². The van der Waals surface area contributed by atoms with Gasteiger partial charge in [0, 0.05) is 11.3 Å². The van der Waals surface area contributed by atoms with Gasteiger partial charge in [0.1, 0.15) is 18.6 Å². The minimum atomic E-state index is -1.07. The normalized spacial score (nSPS) is 16.7. The smallest absolute Gasteiger partial charge is 0.310 e. The zero-order valence-corrected chi connectivity index (χ0v) is 23.4. The van der Waals surface area contributed by atoms with Gasteiger partial charge in [0.2, 0.25) is 23.9 Å². The summed E-state index contributed by atoms with van der Waals surface area (Å²) in [4.78, 5) is 65.8. The zero-order chi connectivity index (χ0) is 30.1. The van der Waals surface area contributed by atoms with Gasteiger partial charge in [-0.15, -0.1) is 0 Å². The fourth-order valence-electron chi connectivity index (χ4n) is 4.57. The van der Waals surface area contributed by atoms with Crippen LogP contribution in [0.1, 0.15) is 41.3 Å². The predicted octanol–water partition coefficient (Wildman–Crippen LogP) is 3.08. The number of nitrogens with zero attached hydrogens (tertiary/aromatic N) is 1. The van der Waals surface area contributed by atoms with Gasteiger partial charge < -0.3 is 25.0 Å². The molecule has 3 aromatic carbocycles. The molecular formula is C32H33N3O7. The second-order valence-corrected chi connectivity index (χ2v) is 9.87. The van der Waals surface area contributed by atoms with E-state index in [0.717, 1.165) is 11.1 Å². The summed E-state index contributed by atoms with van der Waals surface area (Å²) in [6.45, 7) is 3.27. The number of amides is 3. The van der Waals surface area contributed by atoms with Gasteiger partial charge in [-0.25, -0.2) is 0 Å². The van der Waals surface area contributed by atoms with Crippen LogP contribution in [-0.2, 0) is 35.3 Å². The Bertz CT molecular complexity index is 1430. The molecule has 2 N–H and O–H groups in total. The van der Waals surface area contributed by atoms with Gasteiger partial charge in [-0.3, -0.25) is 24.0 Å². The first kappa shape index (κ1) is 30.1. The molecule has 218 valence electrons. The molecule has 10 nitrogen and oxygen atoms in total. The summed E-state index contributed by atoms with van der Waals surface area (Å²) in [6.07, 6.45) is -0.897. The molecule has 10 heteroatoms. The maximum absolute atomic E-state index is 13.8. The third kappa shape index (κ3) is 7.67. The Morgan fingerprint density at radius 2 is 1.60 bits per heavy atom. The minimum absolute atomic E-state index is 0.0846. The van der Waals surface area contributed by atoms with E-state index in [1.807, 2.05) is 30.3 Å². The number of ketones is 1. The van der Waals surface area contributed by atoms with E-state index in [1.54, 1.807) is 56.3 Å². The third-order valence-corrected chi connectivity index (χ3v) is 6.79. The zero-order valence-electron chi connectivity index (χ0n) is 23.4. The SMILES string of the molecule is CCC(NC(=O)C(=O)c1ccccc1)C(=O)N(CC(=O)NC1CC(=O)OC1OCc1ccccc1)c1ccccc1C. The average Bonchev–Trinajstić information content (AvgIpc) is 3.36. The lowest BCUT2D eigenvalue weighted by atomic mass is 10.1. The second-order valence-electron chi connectivity index (χ2n) is 9.87. The molecule has 3 atom stereocenters. The van der Waals surface area contributed by atoms with E-state index in [1.165, 1.54) is 17.0 Å². The van der Waals surface area contributed by atoms with E-state index in [9.17, 15) is 24.0 Å². The first-order chi connectivity index (χ1) is 20.3. The number of esters is 1. The number of nitrogens with one attached hydrogen (secondary N) is 2. The van der Waals surface area contributed by atoms with E-state index < -0.39 is 54.4 Å². The molecule has 0 aliphatic carbocycles. The van der Waals surface area contributed by atoms with Gasteiger partial charge in [0.05, 0.1) is 13.0 Å². The van der Waals surface area contributed by atoms with Crippen LogP contribution in [-0.4, -0.2) is 54.4 Å². The highest BCUT2D eigenvalue weighted by atomic mass is 16.7. The topological polar surface area (TPSA) is 131 Å². The van der Waals surface area contributed by atoms with Crippen molar-refractivity contribution in [2.45, 2.75) is 51.7 Å². The summed E-state index contributed by atoms with van der Waals surface area (Å²) in [5, 5.41) is 5.29. The number of ether oxygens (including phenoxy) is 2. The molecule has 0 saturated carbocycles. The Balaban J connectivity index is 1.47. The number of rotatable bonds is 12. The molecule has 1 aliphatic rings. The number of Topliss-reactive ketones (excluding diaryl/α,β-unsaturated/α-hetero) is 1. The van der Waals surface area contributed by atoms with Crippen molar-refractivity contribution in [2.24, 2.45) is 0 Å². The molecule has 1 aliphatic heterocycles. The van der Waals surface area contributed by atoms with Crippen molar-refractivity contribution in [3.63, 3.8) is 0 Å². The molecule has 4 rings (SSSR count). The lowest BCUT2D eigenvalue weighted by Crippen LogP contribution is -2.53. The first-order valence-electron chi connectivity index (χ1n) is 13.7. The van der Waals surface area contributed by atoms with Gasteiger partial charge in [0.25, 0.3) is 5.91 Å². The molecule has 0 radical (unpaired) electrons. The van der Waals surface area contributed by atoms with Crippen LogP contribution < -0.4 is 15.5 Å². The number of carbonyl (C=O) groups excluding carboxylic acids is 5. The minimum Gasteiger partial charge on any atom is -0.433 e. The van der Waals surface area contributed by atoms with Crippen LogP contribution in [0.4, 0.5) is 5.69 Å². The van der Waals surface area contributed by atoms with Crippen LogP contribution in [0.3, 0.4) is 0 Å². The third-order valence-electron chi connectivity index (χ3n) is 6.79. The van der Waals surface area contributed by atoms with Crippen molar-refractivity contribution in [2.75, 3.05) is 11.4 Å². The van der Waals surface area contributed by atoms with E-state index in [0.29, 0.717) is 5.69 Å². The molecule has 3 amide bonds. The number of hydrogen-bond donors (Lipinski definition) is 2. The van der Waals surface area contributed by atoms with Crippen molar-refractivity contribution in [1.29, 1.82) is 0 Å². The van der Waals surface area contributed by atoms with Crippen LogP contribution >= 0.6 is 0 Å². The second kappa shape index (κ2) is 14.2. The Morgan fingerprint density at radius 3 is 2.26 bits per heavy atom.